The average molecular weight is 367 g/mol. The quantitative estimate of drug-likeness (QED) is 0.774. The lowest BCUT2D eigenvalue weighted by Crippen LogP contribution is -1.96. The number of rotatable bonds is 2. The molecule has 2 aromatic rings. The standard InChI is InChI=1S/C13H9Br2N3/c14-10-2-1-3-11(15)13(10)18-9-4-5-12(17)8(6-9)7-16/h1-6,18H,17H2. The van der Waals surface area contributed by atoms with Crippen LogP contribution in [-0.4, -0.2) is 0 Å². The number of nitrogens with two attached hydrogens (primary N) is 1. The summed E-state index contributed by atoms with van der Waals surface area (Å²) in [4.78, 5) is 0. The topological polar surface area (TPSA) is 61.8 Å². The molecule has 0 bridgehead atoms. The molecule has 0 spiro atoms. The molecule has 3 N–H and O–H groups in total. The Kier molecular flexibility index (Phi) is 3.90. The minimum atomic E-state index is 0.461. The van der Waals surface area contributed by atoms with E-state index in [2.05, 4.69) is 43.2 Å². The molecular formula is C13H9Br2N3. The van der Waals surface area contributed by atoms with E-state index >= 15 is 0 Å². The van der Waals surface area contributed by atoms with Crippen molar-refractivity contribution >= 4 is 48.9 Å². The van der Waals surface area contributed by atoms with Crippen molar-refractivity contribution in [2.24, 2.45) is 0 Å². The Labute approximate surface area is 122 Å². The van der Waals surface area contributed by atoms with Gasteiger partial charge in [0, 0.05) is 20.3 Å². The molecule has 5 heteroatoms. The van der Waals surface area contributed by atoms with Gasteiger partial charge in [-0.3, -0.25) is 0 Å². The summed E-state index contributed by atoms with van der Waals surface area (Å²) in [5.74, 6) is 0. The number of hydrogen-bond donors (Lipinski definition) is 2. The van der Waals surface area contributed by atoms with Crippen molar-refractivity contribution in [3.63, 3.8) is 0 Å². The third-order valence-corrected chi connectivity index (χ3v) is 3.73. The number of hydrogen-bond acceptors (Lipinski definition) is 3. The van der Waals surface area contributed by atoms with Crippen LogP contribution in [0.2, 0.25) is 0 Å². The Morgan fingerprint density at radius 2 is 1.78 bits per heavy atom. The Morgan fingerprint density at radius 3 is 2.39 bits per heavy atom. The summed E-state index contributed by atoms with van der Waals surface area (Å²) in [6, 6.07) is 13.1. The van der Waals surface area contributed by atoms with Gasteiger partial charge in [-0.1, -0.05) is 6.07 Å². The maximum absolute atomic E-state index is 8.94. The Morgan fingerprint density at radius 1 is 1.11 bits per heavy atom. The number of anilines is 3. The van der Waals surface area contributed by atoms with Gasteiger partial charge in [0.25, 0.3) is 0 Å². The monoisotopic (exact) mass is 365 g/mol. The van der Waals surface area contributed by atoms with Crippen molar-refractivity contribution in [1.29, 1.82) is 5.26 Å². The van der Waals surface area contributed by atoms with Crippen LogP contribution in [0.25, 0.3) is 0 Å². The molecule has 0 unspecified atom stereocenters. The van der Waals surface area contributed by atoms with Crippen LogP contribution in [-0.2, 0) is 0 Å². The van der Waals surface area contributed by atoms with E-state index in [0.29, 0.717) is 11.3 Å². The number of nitrogen functional groups attached to an aromatic ring is 1. The van der Waals surface area contributed by atoms with Crippen LogP contribution in [0.4, 0.5) is 17.1 Å². The first-order chi connectivity index (χ1) is 8.61. The first-order valence-corrected chi connectivity index (χ1v) is 6.71. The fourth-order valence-corrected chi connectivity index (χ4v) is 2.69. The SMILES string of the molecule is N#Cc1cc(Nc2c(Br)cccc2Br)ccc1N. The number of nitriles is 1. The first-order valence-electron chi connectivity index (χ1n) is 5.12. The van der Waals surface area contributed by atoms with Crippen molar-refractivity contribution in [1.82, 2.24) is 0 Å². The second kappa shape index (κ2) is 5.42. The number of benzene rings is 2. The number of nitrogens with zero attached hydrogens (tertiary/aromatic N) is 1. The van der Waals surface area contributed by atoms with Crippen LogP contribution in [0.5, 0.6) is 0 Å². The molecule has 0 fully saturated rings. The van der Waals surface area contributed by atoms with E-state index < -0.39 is 0 Å². The Balaban J connectivity index is 2.38. The van der Waals surface area contributed by atoms with Crippen LogP contribution in [0.3, 0.4) is 0 Å². The third kappa shape index (κ3) is 2.66. The normalized spacial score (nSPS) is 9.83. The van der Waals surface area contributed by atoms with E-state index in [9.17, 15) is 0 Å². The molecule has 0 aliphatic carbocycles. The van der Waals surface area contributed by atoms with Gasteiger partial charge in [0.1, 0.15) is 6.07 Å². The third-order valence-electron chi connectivity index (χ3n) is 2.41. The van der Waals surface area contributed by atoms with Crippen LogP contribution < -0.4 is 11.1 Å². The first kappa shape index (κ1) is 12.9. The zero-order chi connectivity index (χ0) is 13.1. The summed E-state index contributed by atoms with van der Waals surface area (Å²) < 4.78 is 1.87. The largest absolute Gasteiger partial charge is 0.398 e. The summed E-state index contributed by atoms with van der Waals surface area (Å²) in [5, 5.41) is 12.2. The summed E-state index contributed by atoms with van der Waals surface area (Å²) >= 11 is 6.94. The molecule has 0 atom stereocenters. The molecule has 3 nitrogen and oxygen atoms in total. The van der Waals surface area contributed by atoms with Crippen LogP contribution in [0, 0.1) is 11.3 Å². The van der Waals surface area contributed by atoms with Gasteiger partial charge < -0.3 is 11.1 Å². The zero-order valence-corrected chi connectivity index (χ0v) is 12.4. The zero-order valence-electron chi connectivity index (χ0n) is 9.24. The Hall–Kier alpha value is -1.51. The highest BCUT2D eigenvalue weighted by atomic mass is 79.9. The van der Waals surface area contributed by atoms with Gasteiger partial charge in [0.2, 0.25) is 0 Å². The second-order valence-corrected chi connectivity index (χ2v) is 5.34. The van der Waals surface area contributed by atoms with Gasteiger partial charge in [-0.05, 0) is 62.2 Å². The van der Waals surface area contributed by atoms with Crippen molar-refractivity contribution < 1.29 is 0 Å². The fraction of sp³-hybridized carbons (Fsp3) is 0. The summed E-state index contributed by atoms with van der Waals surface area (Å²) in [6.07, 6.45) is 0. The molecule has 2 aromatic carbocycles. The van der Waals surface area contributed by atoms with Crippen LogP contribution in [0.15, 0.2) is 45.3 Å². The lowest BCUT2D eigenvalue weighted by Gasteiger charge is -2.11. The molecule has 0 aromatic heterocycles. The minimum absolute atomic E-state index is 0.461. The molecule has 2 rings (SSSR count). The summed E-state index contributed by atoms with van der Waals surface area (Å²) in [7, 11) is 0. The number of para-hydroxylation sites is 1. The number of nitrogens with one attached hydrogen (secondary N) is 1. The van der Waals surface area contributed by atoms with Crippen molar-refractivity contribution in [2.45, 2.75) is 0 Å². The fourth-order valence-electron chi connectivity index (χ4n) is 1.49. The molecule has 90 valence electrons. The maximum Gasteiger partial charge on any atom is 0.101 e. The minimum Gasteiger partial charge on any atom is -0.398 e. The lowest BCUT2D eigenvalue weighted by atomic mass is 10.1. The summed E-state index contributed by atoms with van der Waals surface area (Å²) in [5.41, 5.74) is 8.35. The highest BCUT2D eigenvalue weighted by Gasteiger charge is 2.06. The van der Waals surface area contributed by atoms with Gasteiger partial charge in [-0.25, -0.2) is 0 Å². The van der Waals surface area contributed by atoms with E-state index in [1.54, 1.807) is 12.1 Å². The van der Waals surface area contributed by atoms with Gasteiger partial charge in [0.05, 0.1) is 11.3 Å². The average Bonchev–Trinajstić information content (AvgIpc) is 2.36. The van der Waals surface area contributed by atoms with E-state index in [1.807, 2.05) is 24.3 Å². The predicted molar refractivity (Wildman–Crippen MR) is 80.7 cm³/mol. The molecule has 0 amide bonds. The molecule has 0 heterocycles. The molecule has 18 heavy (non-hydrogen) atoms. The van der Waals surface area contributed by atoms with Crippen molar-refractivity contribution in [2.75, 3.05) is 11.1 Å². The van der Waals surface area contributed by atoms with Gasteiger partial charge >= 0.3 is 0 Å². The van der Waals surface area contributed by atoms with E-state index in [0.717, 1.165) is 20.3 Å². The second-order valence-electron chi connectivity index (χ2n) is 3.64. The highest BCUT2D eigenvalue weighted by Crippen LogP contribution is 2.33. The predicted octanol–water partition coefficient (Wildman–Crippen LogP) is 4.41. The van der Waals surface area contributed by atoms with Gasteiger partial charge in [-0.2, -0.15) is 5.26 Å². The molecule has 0 aliphatic heterocycles. The van der Waals surface area contributed by atoms with E-state index in [-0.39, 0.29) is 0 Å². The molecular weight excluding hydrogens is 358 g/mol. The maximum atomic E-state index is 8.94. The summed E-state index contributed by atoms with van der Waals surface area (Å²) in [6.45, 7) is 0. The molecule has 0 saturated heterocycles. The van der Waals surface area contributed by atoms with Gasteiger partial charge in [0.15, 0.2) is 0 Å². The number of halogens is 2. The van der Waals surface area contributed by atoms with E-state index in [4.69, 9.17) is 11.0 Å². The molecule has 0 aliphatic rings. The molecule has 0 radical (unpaired) electrons. The highest BCUT2D eigenvalue weighted by molar-refractivity contribution is 9.11. The smallest absolute Gasteiger partial charge is 0.101 e. The van der Waals surface area contributed by atoms with Crippen LogP contribution >= 0.6 is 31.9 Å². The lowest BCUT2D eigenvalue weighted by molar-refractivity contribution is 1.46. The van der Waals surface area contributed by atoms with Crippen molar-refractivity contribution in [3.8, 4) is 6.07 Å². The van der Waals surface area contributed by atoms with Crippen LogP contribution in [0.1, 0.15) is 5.56 Å². The van der Waals surface area contributed by atoms with Crippen molar-refractivity contribution in [3.05, 3.63) is 50.9 Å². The molecule has 0 saturated carbocycles. The van der Waals surface area contributed by atoms with Gasteiger partial charge in [-0.15, -0.1) is 0 Å². The Bertz CT molecular complexity index is 612. The van der Waals surface area contributed by atoms with E-state index in [1.165, 1.54) is 0 Å².